The minimum Gasteiger partial charge on any atom is -0.445 e. The highest BCUT2D eigenvalue weighted by atomic mass is 19.1. The van der Waals surface area contributed by atoms with Crippen molar-refractivity contribution in [2.45, 2.75) is 44.2 Å². The number of ether oxygens (including phenoxy) is 1. The first kappa shape index (κ1) is 21.9. The maximum Gasteiger partial charge on any atom is 0.407 e. The molecule has 2 heterocycles. The van der Waals surface area contributed by atoms with Gasteiger partial charge in [0.15, 0.2) is 0 Å². The Bertz CT molecular complexity index is 1230. The molecule has 0 saturated heterocycles. The fourth-order valence-electron chi connectivity index (χ4n) is 4.77. The van der Waals surface area contributed by atoms with Crippen LogP contribution in [0.3, 0.4) is 0 Å². The number of amides is 1. The normalized spacial score (nSPS) is 18.9. The number of hydrogen-bond donors (Lipinski definition) is 3. The summed E-state index contributed by atoms with van der Waals surface area (Å²) >= 11 is 0. The van der Waals surface area contributed by atoms with Crippen LogP contribution in [0.25, 0.3) is 0 Å². The van der Waals surface area contributed by atoms with Crippen LogP contribution in [0.1, 0.15) is 45.9 Å². The number of hydrogen-bond acceptors (Lipinski definition) is 6. The molecule has 2 aromatic carbocycles. The first-order chi connectivity index (χ1) is 16.5. The molecular formula is C25H26FN5O3. The first-order valence-corrected chi connectivity index (χ1v) is 11.4. The lowest BCUT2D eigenvalue weighted by Crippen LogP contribution is -2.39. The Balaban J connectivity index is 1.28. The van der Waals surface area contributed by atoms with Crippen molar-refractivity contribution in [2.24, 2.45) is 0 Å². The highest BCUT2D eigenvalue weighted by molar-refractivity contribution is 5.89. The zero-order valence-electron chi connectivity index (χ0n) is 18.6. The largest absolute Gasteiger partial charge is 0.445 e. The molecule has 0 saturated carbocycles. The highest BCUT2D eigenvalue weighted by Crippen LogP contribution is 2.35. The van der Waals surface area contributed by atoms with Gasteiger partial charge in [-0.2, -0.15) is 0 Å². The van der Waals surface area contributed by atoms with Crippen LogP contribution in [-0.4, -0.2) is 34.4 Å². The summed E-state index contributed by atoms with van der Waals surface area (Å²) in [6, 6.07) is 13.7. The molecule has 3 aromatic rings. The number of carbonyl (C=O) groups is 2. The summed E-state index contributed by atoms with van der Waals surface area (Å²) in [5.41, 5.74) is 10.0. The van der Waals surface area contributed by atoms with Crippen LogP contribution in [0.4, 0.5) is 20.7 Å². The molecule has 1 amide bonds. The molecule has 1 aromatic heterocycles. The second-order valence-corrected chi connectivity index (χ2v) is 8.71. The molecule has 9 heteroatoms. The van der Waals surface area contributed by atoms with Crippen LogP contribution in [0, 0.1) is 5.82 Å². The van der Waals surface area contributed by atoms with Gasteiger partial charge in [0.1, 0.15) is 18.2 Å². The Labute approximate surface area is 196 Å². The van der Waals surface area contributed by atoms with Crippen molar-refractivity contribution in [2.75, 3.05) is 17.6 Å². The third kappa shape index (κ3) is 4.33. The van der Waals surface area contributed by atoms with Gasteiger partial charge >= 0.3 is 6.09 Å². The number of nitrogens with one attached hydrogen (secondary N) is 2. The highest BCUT2D eigenvalue weighted by Gasteiger charge is 2.33. The molecule has 176 valence electrons. The van der Waals surface area contributed by atoms with E-state index in [0.717, 1.165) is 22.5 Å². The van der Waals surface area contributed by atoms with Gasteiger partial charge in [-0.15, -0.1) is 5.10 Å². The number of nitrogens with zero attached hydrogens (tertiary/aromatic N) is 2. The summed E-state index contributed by atoms with van der Waals surface area (Å²) < 4.78 is 20.6. The molecule has 5 rings (SSSR count). The average molecular weight is 464 g/mol. The van der Waals surface area contributed by atoms with Crippen LogP contribution in [-0.2, 0) is 24.2 Å². The van der Waals surface area contributed by atoms with E-state index in [9.17, 15) is 14.0 Å². The predicted molar refractivity (Wildman–Crippen MR) is 125 cm³/mol. The monoisotopic (exact) mass is 463 g/mol. The Hall–Kier alpha value is -3.88. The van der Waals surface area contributed by atoms with E-state index in [1.807, 2.05) is 30.3 Å². The van der Waals surface area contributed by atoms with E-state index in [1.165, 1.54) is 16.8 Å². The lowest BCUT2D eigenvalue weighted by atomic mass is 9.89. The number of nitrogens with two attached hydrogens (primary N) is 1. The van der Waals surface area contributed by atoms with E-state index in [-0.39, 0.29) is 30.2 Å². The van der Waals surface area contributed by atoms with Gasteiger partial charge < -0.3 is 21.1 Å². The minimum absolute atomic E-state index is 0.167. The SMILES string of the molecule is Nc1nn(C(=O)C2CCNc3ccc(F)cc32)c2c1C[C@H](NC(=O)OCc1ccccc1)CC2. The number of anilines is 2. The minimum atomic E-state index is -0.501. The molecule has 2 atom stereocenters. The lowest BCUT2D eigenvalue weighted by molar-refractivity contribution is 0.0851. The number of halogens is 1. The van der Waals surface area contributed by atoms with E-state index < -0.39 is 12.0 Å². The lowest BCUT2D eigenvalue weighted by Gasteiger charge is -2.27. The average Bonchev–Trinajstić information content (AvgIpc) is 3.18. The number of nitrogen functional groups attached to an aromatic ring is 1. The standard InChI is InChI=1S/C25H26FN5O3/c26-16-6-8-21-19(12-16)18(10-11-28-21)24(32)31-22-9-7-17(13-20(22)23(27)30-31)29-25(33)34-14-15-4-2-1-3-5-15/h1-6,8,12,17-18,28H,7,9-11,13-14H2,(H2,27,30)(H,29,33)/t17-,18?/m1/s1. The fourth-order valence-corrected chi connectivity index (χ4v) is 4.77. The van der Waals surface area contributed by atoms with Crippen LogP contribution < -0.4 is 16.4 Å². The summed E-state index contributed by atoms with van der Waals surface area (Å²) in [5.74, 6) is -0.814. The maximum atomic E-state index is 13.9. The summed E-state index contributed by atoms with van der Waals surface area (Å²) in [6.07, 6.45) is 1.68. The molecule has 1 unspecified atom stereocenters. The van der Waals surface area contributed by atoms with Crippen LogP contribution in [0.2, 0.25) is 0 Å². The van der Waals surface area contributed by atoms with E-state index in [1.54, 1.807) is 6.07 Å². The van der Waals surface area contributed by atoms with Crippen molar-refractivity contribution in [1.29, 1.82) is 0 Å². The maximum absolute atomic E-state index is 13.9. The molecule has 8 nitrogen and oxygen atoms in total. The van der Waals surface area contributed by atoms with Crippen LogP contribution in [0.15, 0.2) is 48.5 Å². The number of rotatable bonds is 4. The van der Waals surface area contributed by atoms with Gasteiger partial charge in [-0.05, 0) is 55.0 Å². The molecule has 0 fully saturated rings. The summed E-state index contributed by atoms with van der Waals surface area (Å²) in [4.78, 5) is 25.7. The van der Waals surface area contributed by atoms with Gasteiger partial charge in [-0.1, -0.05) is 30.3 Å². The van der Waals surface area contributed by atoms with Crippen molar-refractivity contribution in [3.05, 3.63) is 76.7 Å². The number of fused-ring (bicyclic) bond motifs is 2. The van der Waals surface area contributed by atoms with Crippen molar-refractivity contribution in [3.63, 3.8) is 0 Å². The van der Waals surface area contributed by atoms with Crippen molar-refractivity contribution >= 4 is 23.5 Å². The molecule has 1 aliphatic carbocycles. The first-order valence-electron chi connectivity index (χ1n) is 11.4. The Morgan fingerprint density at radius 3 is 2.85 bits per heavy atom. The zero-order valence-corrected chi connectivity index (χ0v) is 18.6. The second kappa shape index (κ2) is 9.17. The van der Waals surface area contributed by atoms with E-state index >= 15 is 0 Å². The molecule has 34 heavy (non-hydrogen) atoms. The van der Waals surface area contributed by atoms with Gasteiger partial charge in [0.05, 0.1) is 11.6 Å². The van der Waals surface area contributed by atoms with E-state index in [0.29, 0.717) is 37.8 Å². The van der Waals surface area contributed by atoms with Gasteiger partial charge in [0.2, 0.25) is 0 Å². The van der Waals surface area contributed by atoms with Gasteiger partial charge in [-0.3, -0.25) is 4.79 Å². The topological polar surface area (TPSA) is 111 Å². The smallest absolute Gasteiger partial charge is 0.407 e. The quantitative estimate of drug-likeness (QED) is 0.545. The van der Waals surface area contributed by atoms with Crippen molar-refractivity contribution < 1.29 is 18.7 Å². The Kier molecular flexibility index (Phi) is 5.91. The molecule has 0 bridgehead atoms. The fraction of sp³-hybridized carbons (Fsp3) is 0.320. The predicted octanol–water partition coefficient (Wildman–Crippen LogP) is 3.63. The third-order valence-electron chi connectivity index (χ3n) is 6.48. The molecule has 1 aliphatic heterocycles. The summed E-state index contributed by atoms with van der Waals surface area (Å²) in [5, 5.41) is 10.4. The number of carbonyl (C=O) groups excluding carboxylic acids is 2. The number of aromatic nitrogens is 2. The van der Waals surface area contributed by atoms with Gasteiger partial charge in [0.25, 0.3) is 5.91 Å². The second-order valence-electron chi connectivity index (χ2n) is 8.71. The van der Waals surface area contributed by atoms with Crippen molar-refractivity contribution in [1.82, 2.24) is 15.1 Å². The van der Waals surface area contributed by atoms with E-state index in [4.69, 9.17) is 10.5 Å². The van der Waals surface area contributed by atoms with Crippen LogP contribution >= 0.6 is 0 Å². The number of alkyl carbamates (subject to hydrolysis) is 1. The van der Waals surface area contributed by atoms with Gasteiger partial charge in [-0.25, -0.2) is 13.9 Å². The van der Waals surface area contributed by atoms with Crippen LogP contribution in [0.5, 0.6) is 0 Å². The Morgan fingerprint density at radius 2 is 2.03 bits per heavy atom. The zero-order chi connectivity index (χ0) is 23.7. The molecule has 2 aliphatic rings. The summed E-state index contributed by atoms with van der Waals surface area (Å²) in [6.45, 7) is 0.808. The molecule has 0 radical (unpaired) electrons. The van der Waals surface area contributed by atoms with Crippen molar-refractivity contribution in [3.8, 4) is 0 Å². The number of benzene rings is 2. The van der Waals surface area contributed by atoms with E-state index in [2.05, 4.69) is 15.7 Å². The van der Waals surface area contributed by atoms with Gasteiger partial charge in [0, 0.05) is 23.8 Å². The molecular weight excluding hydrogens is 437 g/mol. The molecule has 0 spiro atoms. The molecule has 4 N–H and O–H groups in total. The third-order valence-corrected chi connectivity index (χ3v) is 6.48. The Morgan fingerprint density at radius 1 is 1.21 bits per heavy atom. The summed E-state index contributed by atoms with van der Waals surface area (Å²) in [7, 11) is 0.